The summed E-state index contributed by atoms with van der Waals surface area (Å²) in [6, 6.07) is 0. The van der Waals surface area contributed by atoms with Crippen molar-refractivity contribution in [1.82, 2.24) is 0 Å². The Kier molecular flexibility index (Phi) is 6.45. The summed E-state index contributed by atoms with van der Waals surface area (Å²) in [5.41, 5.74) is 0.508. The monoisotopic (exact) mass is 172 g/mol. The lowest BCUT2D eigenvalue weighted by Crippen LogP contribution is -2.16. The highest BCUT2D eigenvalue weighted by atomic mass is 16.5. The van der Waals surface area contributed by atoms with Crippen molar-refractivity contribution in [3.8, 4) is 0 Å². The second-order valence-corrected chi connectivity index (χ2v) is 3.88. The lowest BCUT2D eigenvalue weighted by Gasteiger charge is -2.26. The van der Waals surface area contributed by atoms with Crippen LogP contribution >= 0.6 is 0 Å². The van der Waals surface area contributed by atoms with Crippen molar-refractivity contribution in [2.45, 2.75) is 53.4 Å². The topological polar surface area (TPSA) is 9.23 Å². The van der Waals surface area contributed by atoms with Crippen molar-refractivity contribution < 1.29 is 4.74 Å². The van der Waals surface area contributed by atoms with Crippen LogP contribution < -0.4 is 0 Å². The Balaban J connectivity index is 3.45. The predicted octanol–water partition coefficient (Wildman–Crippen LogP) is 3.63. The van der Waals surface area contributed by atoms with Crippen molar-refractivity contribution in [3.05, 3.63) is 0 Å². The molecule has 0 aromatic carbocycles. The van der Waals surface area contributed by atoms with E-state index in [1.165, 1.54) is 19.3 Å². The zero-order valence-electron chi connectivity index (χ0n) is 9.15. The Morgan fingerprint density at radius 2 is 1.58 bits per heavy atom. The lowest BCUT2D eigenvalue weighted by atomic mass is 9.82. The van der Waals surface area contributed by atoms with Crippen molar-refractivity contribution in [3.63, 3.8) is 0 Å². The molecule has 0 aliphatic heterocycles. The van der Waals surface area contributed by atoms with Gasteiger partial charge in [0.15, 0.2) is 0 Å². The van der Waals surface area contributed by atoms with Gasteiger partial charge in [-0.2, -0.15) is 0 Å². The fraction of sp³-hybridized carbons (Fsp3) is 1.00. The normalized spacial score (nSPS) is 12.0. The molecule has 0 radical (unpaired) electrons. The van der Waals surface area contributed by atoms with Gasteiger partial charge >= 0.3 is 0 Å². The summed E-state index contributed by atoms with van der Waals surface area (Å²) in [4.78, 5) is 0. The van der Waals surface area contributed by atoms with Crippen LogP contribution in [0.4, 0.5) is 0 Å². The summed E-state index contributed by atoms with van der Waals surface area (Å²) < 4.78 is 5.48. The quantitative estimate of drug-likeness (QED) is 0.533. The first-order valence-electron chi connectivity index (χ1n) is 5.26. The Labute approximate surface area is 77.5 Å². The minimum absolute atomic E-state index is 0.508. The molecule has 0 spiro atoms. The van der Waals surface area contributed by atoms with Crippen LogP contribution in [-0.4, -0.2) is 13.2 Å². The predicted molar refractivity (Wildman–Crippen MR) is 54.4 cm³/mol. The molecule has 0 amide bonds. The van der Waals surface area contributed by atoms with Crippen LogP contribution in [0.3, 0.4) is 0 Å². The van der Waals surface area contributed by atoms with Gasteiger partial charge in [0.1, 0.15) is 0 Å². The van der Waals surface area contributed by atoms with Gasteiger partial charge in [0.2, 0.25) is 0 Å². The number of ether oxygens (including phenoxy) is 1. The minimum Gasteiger partial charge on any atom is -0.381 e. The van der Waals surface area contributed by atoms with E-state index in [9.17, 15) is 0 Å². The summed E-state index contributed by atoms with van der Waals surface area (Å²) in [5.74, 6) is 0. The van der Waals surface area contributed by atoms with Crippen LogP contribution in [0.5, 0.6) is 0 Å². The van der Waals surface area contributed by atoms with Gasteiger partial charge < -0.3 is 4.74 Å². The molecule has 0 N–H and O–H groups in total. The maximum absolute atomic E-state index is 5.48. The Morgan fingerprint density at radius 3 is 2.00 bits per heavy atom. The van der Waals surface area contributed by atoms with Gasteiger partial charge in [0.05, 0.1) is 0 Å². The van der Waals surface area contributed by atoms with E-state index in [1.54, 1.807) is 0 Å². The van der Waals surface area contributed by atoms with Gasteiger partial charge in [-0.15, -0.1) is 0 Å². The fourth-order valence-corrected chi connectivity index (χ4v) is 1.17. The van der Waals surface area contributed by atoms with Crippen LogP contribution in [0.2, 0.25) is 0 Å². The zero-order valence-corrected chi connectivity index (χ0v) is 9.15. The Bertz CT molecular complexity index is 95.2. The second-order valence-electron chi connectivity index (χ2n) is 3.88. The van der Waals surface area contributed by atoms with E-state index in [4.69, 9.17) is 4.74 Å². The van der Waals surface area contributed by atoms with E-state index < -0.39 is 0 Å². The molecule has 0 aliphatic carbocycles. The fourth-order valence-electron chi connectivity index (χ4n) is 1.17. The minimum atomic E-state index is 0.508. The van der Waals surface area contributed by atoms with Gasteiger partial charge in [-0.25, -0.2) is 0 Å². The van der Waals surface area contributed by atoms with Crippen LogP contribution in [-0.2, 0) is 4.74 Å². The maximum atomic E-state index is 5.48. The van der Waals surface area contributed by atoms with Gasteiger partial charge in [0, 0.05) is 13.2 Å². The van der Waals surface area contributed by atoms with Crippen LogP contribution in [0.25, 0.3) is 0 Å². The molecule has 0 saturated carbocycles. The molecule has 0 aromatic heterocycles. The Morgan fingerprint density at radius 1 is 1.00 bits per heavy atom. The summed E-state index contributed by atoms with van der Waals surface area (Å²) >= 11 is 0. The maximum Gasteiger partial charge on any atom is 0.0471 e. The highest BCUT2D eigenvalue weighted by molar-refractivity contribution is 4.69. The summed E-state index contributed by atoms with van der Waals surface area (Å²) in [6.45, 7) is 10.9. The van der Waals surface area contributed by atoms with Crippen LogP contribution in [0, 0.1) is 5.41 Å². The third-order valence-corrected chi connectivity index (χ3v) is 2.91. The van der Waals surface area contributed by atoms with E-state index in [1.807, 2.05) is 0 Å². The largest absolute Gasteiger partial charge is 0.381 e. The van der Waals surface area contributed by atoms with E-state index >= 15 is 0 Å². The first-order valence-corrected chi connectivity index (χ1v) is 5.26. The molecule has 1 heteroatoms. The molecule has 0 aromatic rings. The van der Waals surface area contributed by atoms with E-state index in [-0.39, 0.29) is 0 Å². The molecule has 1 nitrogen and oxygen atoms in total. The third-order valence-electron chi connectivity index (χ3n) is 2.91. The summed E-state index contributed by atoms with van der Waals surface area (Å²) in [6.07, 6.45) is 4.87. The SMILES string of the molecule is CCCOCCC(C)(CC)CC. The average Bonchev–Trinajstić information content (AvgIpc) is 2.12. The van der Waals surface area contributed by atoms with Gasteiger partial charge in [-0.3, -0.25) is 0 Å². The summed E-state index contributed by atoms with van der Waals surface area (Å²) in [7, 11) is 0. The Hall–Kier alpha value is -0.0400. The molecule has 0 saturated heterocycles. The zero-order chi connectivity index (χ0) is 9.45. The number of hydrogen-bond acceptors (Lipinski definition) is 1. The number of rotatable bonds is 7. The molecule has 0 aliphatic rings. The molecule has 0 atom stereocenters. The van der Waals surface area contributed by atoms with Crippen LogP contribution in [0.15, 0.2) is 0 Å². The molecule has 0 heterocycles. The number of hydrogen-bond donors (Lipinski definition) is 0. The first-order chi connectivity index (χ1) is 5.68. The highest BCUT2D eigenvalue weighted by Gasteiger charge is 2.18. The molecule has 0 bridgehead atoms. The molecule has 0 unspecified atom stereocenters. The molecule has 74 valence electrons. The smallest absolute Gasteiger partial charge is 0.0471 e. The lowest BCUT2D eigenvalue weighted by molar-refractivity contribution is 0.0959. The molecular formula is C11H24O. The van der Waals surface area contributed by atoms with Gasteiger partial charge in [-0.05, 0) is 18.3 Å². The van der Waals surface area contributed by atoms with Crippen LogP contribution in [0.1, 0.15) is 53.4 Å². The van der Waals surface area contributed by atoms with Crippen molar-refractivity contribution in [2.75, 3.05) is 13.2 Å². The molecule has 0 rings (SSSR count). The molecular weight excluding hydrogens is 148 g/mol. The molecule has 12 heavy (non-hydrogen) atoms. The highest BCUT2D eigenvalue weighted by Crippen LogP contribution is 2.29. The molecule has 0 fully saturated rings. The van der Waals surface area contributed by atoms with Crippen molar-refractivity contribution in [1.29, 1.82) is 0 Å². The third kappa shape index (κ3) is 4.76. The van der Waals surface area contributed by atoms with Crippen molar-refractivity contribution in [2.24, 2.45) is 5.41 Å². The van der Waals surface area contributed by atoms with E-state index in [0.717, 1.165) is 19.6 Å². The van der Waals surface area contributed by atoms with Gasteiger partial charge in [-0.1, -0.05) is 40.5 Å². The van der Waals surface area contributed by atoms with Crippen molar-refractivity contribution >= 4 is 0 Å². The van der Waals surface area contributed by atoms with E-state index in [2.05, 4.69) is 27.7 Å². The average molecular weight is 172 g/mol. The van der Waals surface area contributed by atoms with E-state index in [0.29, 0.717) is 5.41 Å². The second kappa shape index (κ2) is 6.47. The van der Waals surface area contributed by atoms with Gasteiger partial charge in [0.25, 0.3) is 0 Å². The first kappa shape index (κ1) is 12.0. The summed E-state index contributed by atoms with van der Waals surface area (Å²) in [5, 5.41) is 0. The standard InChI is InChI=1S/C11H24O/c1-5-9-12-10-8-11(4,6-2)7-3/h5-10H2,1-4H3.